The molecule has 0 saturated heterocycles. The molecule has 0 aliphatic rings. The van der Waals surface area contributed by atoms with Crippen LogP contribution >= 0.6 is 0 Å². The fraction of sp³-hybridized carbons (Fsp3) is 0. The van der Waals surface area contributed by atoms with Crippen LogP contribution in [0, 0.1) is 17.1 Å². The summed E-state index contributed by atoms with van der Waals surface area (Å²) in [5.41, 5.74) is 2.23. The minimum absolute atomic E-state index is 0.0970. The Morgan fingerprint density at radius 2 is 1.80 bits per heavy atom. The topological polar surface area (TPSA) is 77.8 Å². The number of nitrogens with zero attached hydrogens (tertiary/aromatic N) is 2. The Bertz CT molecular complexity index is 948. The molecule has 6 heteroatoms. The van der Waals surface area contributed by atoms with Crippen molar-refractivity contribution in [2.45, 2.75) is 0 Å². The monoisotopic (exact) mass is 332 g/mol. The maximum absolute atomic E-state index is 13.6. The highest BCUT2D eigenvalue weighted by Gasteiger charge is 2.11. The third kappa shape index (κ3) is 3.98. The molecule has 0 atom stereocenters. The Hall–Kier alpha value is -3.72. The molecule has 0 saturated carbocycles. The maximum atomic E-state index is 13.6. The molecule has 0 spiro atoms. The molecule has 2 N–H and O–H groups in total. The minimum Gasteiger partial charge on any atom is -0.355 e. The lowest BCUT2D eigenvalue weighted by molar-refractivity contribution is 0.102. The summed E-state index contributed by atoms with van der Waals surface area (Å²) in [7, 11) is 0. The predicted molar refractivity (Wildman–Crippen MR) is 93.0 cm³/mol. The molecule has 2 aromatic carbocycles. The van der Waals surface area contributed by atoms with E-state index >= 15 is 0 Å². The standard InChI is InChI=1S/C19H13FN4O/c20-16-3-1-2-4-17(16)24-19(25)18-11-15(9-10-22-18)23-14-7-5-13(12-21)6-8-14/h1-11H,(H,22,23)(H,24,25). The molecule has 1 aromatic heterocycles. The Kier molecular flexibility index (Phi) is 4.67. The Morgan fingerprint density at radius 1 is 1.04 bits per heavy atom. The minimum atomic E-state index is -0.511. The molecule has 0 fully saturated rings. The number of aromatic nitrogens is 1. The molecular formula is C19H13FN4O. The van der Waals surface area contributed by atoms with Crippen molar-refractivity contribution in [3.05, 3.63) is 83.9 Å². The van der Waals surface area contributed by atoms with Gasteiger partial charge in [-0.2, -0.15) is 5.26 Å². The highest BCUT2D eigenvalue weighted by Crippen LogP contribution is 2.18. The van der Waals surface area contributed by atoms with E-state index in [1.165, 1.54) is 18.3 Å². The first-order chi connectivity index (χ1) is 12.2. The number of pyridine rings is 1. The smallest absolute Gasteiger partial charge is 0.274 e. The van der Waals surface area contributed by atoms with Gasteiger partial charge in [0.1, 0.15) is 11.5 Å². The van der Waals surface area contributed by atoms with E-state index in [1.54, 1.807) is 48.5 Å². The van der Waals surface area contributed by atoms with Crippen molar-refractivity contribution in [1.82, 2.24) is 4.98 Å². The number of nitriles is 1. The van der Waals surface area contributed by atoms with Gasteiger partial charge in [0, 0.05) is 17.6 Å². The second-order valence-corrected chi connectivity index (χ2v) is 5.18. The van der Waals surface area contributed by atoms with Crippen LogP contribution in [-0.2, 0) is 0 Å². The van der Waals surface area contributed by atoms with Gasteiger partial charge in [0.25, 0.3) is 5.91 Å². The summed E-state index contributed by atoms with van der Waals surface area (Å²) in [5, 5.41) is 14.4. The third-order valence-corrected chi connectivity index (χ3v) is 3.42. The number of nitrogens with one attached hydrogen (secondary N) is 2. The Balaban J connectivity index is 1.75. The van der Waals surface area contributed by atoms with Crippen molar-refractivity contribution in [3.8, 4) is 6.07 Å². The van der Waals surface area contributed by atoms with Crippen molar-refractivity contribution < 1.29 is 9.18 Å². The highest BCUT2D eigenvalue weighted by atomic mass is 19.1. The molecule has 122 valence electrons. The van der Waals surface area contributed by atoms with Crippen molar-refractivity contribution in [1.29, 1.82) is 5.26 Å². The van der Waals surface area contributed by atoms with E-state index in [-0.39, 0.29) is 11.4 Å². The van der Waals surface area contributed by atoms with E-state index in [4.69, 9.17) is 5.26 Å². The average molecular weight is 332 g/mol. The Morgan fingerprint density at radius 3 is 2.52 bits per heavy atom. The maximum Gasteiger partial charge on any atom is 0.274 e. The number of hydrogen-bond donors (Lipinski definition) is 2. The lowest BCUT2D eigenvalue weighted by Crippen LogP contribution is -2.14. The molecule has 1 amide bonds. The van der Waals surface area contributed by atoms with Crippen LogP contribution in [0.4, 0.5) is 21.5 Å². The number of rotatable bonds is 4. The van der Waals surface area contributed by atoms with Gasteiger partial charge >= 0.3 is 0 Å². The van der Waals surface area contributed by atoms with E-state index in [2.05, 4.69) is 15.6 Å². The lowest BCUT2D eigenvalue weighted by Gasteiger charge is -2.09. The van der Waals surface area contributed by atoms with E-state index in [0.29, 0.717) is 11.3 Å². The summed E-state index contributed by atoms with van der Waals surface area (Å²) in [5.74, 6) is -1.02. The second kappa shape index (κ2) is 7.23. The number of para-hydroxylation sites is 1. The van der Waals surface area contributed by atoms with Gasteiger partial charge in [-0.25, -0.2) is 4.39 Å². The van der Waals surface area contributed by atoms with Gasteiger partial charge in [0.15, 0.2) is 0 Å². The zero-order valence-electron chi connectivity index (χ0n) is 13.0. The first kappa shape index (κ1) is 16.1. The van der Waals surface area contributed by atoms with Gasteiger partial charge in [-0.1, -0.05) is 12.1 Å². The summed E-state index contributed by atoms with van der Waals surface area (Å²) in [6.07, 6.45) is 1.49. The number of carbonyl (C=O) groups excluding carboxylic acids is 1. The highest BCUT2D eigenvalue weighted by molar-refractivity contribution is 6.03. The number of anilines is 3. The van der Waals surface area contributed by atoms with Crippen LogP contribution in [0.15, 0.2) is 66.9 Å². The molecule has 0 aliphatic carbocycles. The molecule has 3 aromatic rings. The molecule has 0 unspecified atom stereocenters. The van der Waals surface area contributed by atoms with E-state index < -0.39 is 11.7 Å². The first-order valence-electron chi connectivity index (χ1n) is 7.45. The lowest BCUT2D eigenvalue weighted by atomic mass is 10.2. The summed E-state index contributed by atoms with van der Waals surface area (Å²) >= 11 is 0. The average Bonchev–Trinajstić information content (AvgIpc) is 2.64. The second-order valence-electron chi connectivity index (χ2n) is 5.18. The fourth-order valence-electron chi connectivity index (χ4n) is 2.18. The molecule has 5 nitrogen and oxygen atoms in total. The van der Waals surface area contributed by atoms with Crippen LogP contribution in [-0.4, -0.2) is 10.9 Å². The number of benzene rings is 2. The molecular weight excluding hydrogens is 319 g/mol. The predicted octanol–water partition coefficient (Wildman–Crippen LogP) is 4.09. The van der Waals surface area contributed by atoms with Crippen molar-refractivity contribution in [3.63, 3.8) is 0 Å². The molecule has 0 bridgehead atoms. The van der Waals surface area contributed by atoms with Crippen LogP contribution < -0.4 is 10.6 Å². The Labute approximate surface area is 143 Å². The van der Waals surface area contributed by atoms with Gasteiger partial charge in [0.2, 0.25) is 0 Å². The van der Waals surface area contributed by atoms with Crippen LogP contribution in [0.25, 0.3) is 0 Å². The van der Waals surface area contributed by atoms with E-state index in [0.717, 1.165) is 5.69 Å². The quantitative estimate of drug-likeness (QED) is 0.754. The molecule has 0 aliphatic heterocycles. The van der Waals surface area contributed by atoms with Crippen molar-refractivity contribution in [2.75, 3.05) is 10.6 Å². The fourth-order valence-corrected chi connectivity index (χ4v) is 2.18. The first-order valence-corrected chi connectivity index (χ1v) is 7.45. The number of carbonyl (C=O) groups is 1. The largest absolute Gasteiger partial charge is 0.355 e. The summed E-state index contributed by atoms with van der Waals surface area (Å²) in [6, 6.07) is 18.2. The summed E-state index contributed by atoms with van der Waals surface area (Å²) in [4.78, 5) is 16.3. The van der Waals surface area contributed by atoms with E-state index in [1.807, 2.05) is 6.07 Å². The van der Waals surface area contributed by atoms with Crippen LogP contribution in [0.5, 0.6) is 0 Å². The SMILES string of the molecule is N#Cc1ccc(Nc2ccnc(C(=O)Nc3ccccc3F)c2)cc1. The van der Waals surface area contributed by atoms with Gasteiger partial charge < -0.3 is 10.6 Å². The third-order valence-electron chi connectivity index (χ3n) is 3.42. The van der Waals surface area contributed by atoms with Gasteiger partial charge in [-0.3, -0.25) is 9.78 Å². The van der Waals surface area contributed by atoms with Crippen LogP contribution in [0.1, 0.15) is 16.1 Å². The molecule has 3 rings (SSSR count). The normalized spacial score (nSPS) is 9.92. The molecule has 25 heavy (non-hydrogen) atoms. The van der Waals surface area contributed by atoms with Crippen LogP contribution in [0.3, 0.4) is 0 Å². The molecule has 1 heterocycles. The zero-order chi connectivity index (χ0) is 17.6. The van der Waals surface area contributed by atoms with E-state index in [9.17, 15) is 9.18 Å². The van der Waals surface area contributed by atoms with Gasteiger partial charge in [-0.15, -0.1) is 0 Å². The number of hydrogen-bond acceptors (Lipinski definition) is 4. The molecule has 0 radical (unpaired) electrons. The number of amides is 1. The summed E-state index contributed by atoms with van der Waals surface area (Å²) in [6.45, 7) is 0. The summed E-state index contributed by atoms with van der Waals surface area (Å²) < 4.78 is 13.6. The van der Waals surface area contributed by atoms with Crippen LogP contribution in [0.2, 0.25) is 0 Å². The van der Waals surface area contributed by atoms with Crippen molar-refractivity contribution in [2.24, 2.45) is 0 Å². The van der Waals surface area contributed by atoms with Gasteiger partial charge in [0.05, 0.1) is 17.3 Å². The van der Waals surface area contributed by atoms with Gasteiger partial charge in [-0.05, 0) is 48.5 Å². The van der Waals surface area contributed by atoms with Crippen molar-refractivity contribution >= 4 is 23.0 Å². The zero-order valence-corrected chi connectivity index (χ0v) is 13.0. The number of halogens is 1.